The first-order valence-electron chi connectivity index (χ1n) is 7.09. The summed E-state index contributed by atoms with van der Waals surface area (Å²) in [7, 11) is 0. The molecule has 0 bridgehead atoms. The van der Waals surface area contributed by atoms with Crippen molar-refractivity contribution in [3.63, 3.8) is 0 Å². The third-order valence-electron chi connectivity index (χ3n) is 3.00. The van der Waals surface area contributed by atoms with Crippen LogP contribution in [0.5, 0.6) is 5.88 Å². The van der Waals surface area contributed by atoms with E-state index in [1.807, 2.05) is 31.2 Å². The van der Waals surface area contributed by atoms with Crippen LogP contribution >= 0.6 is 0 Å². The molecule has 108 valence electrons. The molecular formula is C16H23N3O. The molecule has 0 fully saturated rings. The van der Waals surface area contributed by atoms with Crippen molar-refractivity contribution < 1.29 is 4.74 Å². The van der Waals surface area contributed by atoms with Crippen molar-refractivity contribution in [2.45, 2.75) is 26.9 Å². The van der Waals surface area contributed by atoms with Gasteiger partial charge in [-0.2, -0.15) is 0 Å². The van der Waals surface area contributed by atoms with Crippen LogP contribution < -0.4 is 10.1 Å². The molecule has 0 saturated carbocycles. The molecule has 4 heteroatoms. The smallest absolute Gasteiger partial charge is 0.233 e. The van der Waals surface area contributed by atoms with E-state index in [0.717, 1.165) is 24.3 Å². The maximum absolute atomic E-state index is 6.00. The third kappa shape index (κ3) is 4.38. The SMILES string of the molecule is Cc1cc(OC(CNCC(C)C)c2ccccc2)n[nH]1. The second-order valence-corrected chi connectivity index (χ2v) is 5.46. The zero-order valence-electron chi connectivity index (χ0n) is 12.4. The molecule has 0 spiro atoms. The molecule has 0 aliphatic rings. The van der Waals surface area contributed by atoms with E-state index in [1.165, 1.54) is 0 Å². The minimum atomic E-state index is -0.0300. The predicted molar refractivity (Wildman–Crippen MR) is 80.8 cm³/mol. The van der Waals surface area contributed by atoms with E-state index in [1.54, 1.807) is 0 Å². The fraction of sp³-hybridized carbons (Fsp3) is 0.438. The van der Waals surface area contributed by atoms with Crippen molar-refractivity contribution >= 4 is 0 Å². The average Bonchev–Trinajstić information content (AvgIpc) is 2.84. The summed E-state index contributed by atoms with van der Waals surface area (Å²) in [5.41, 5.74) is 2.16. The fourth-order valence-electron chi connectivity index (χ4n) is 2.00. The van der Waals surface area contributed by atoms with Crippen molar-refractivity contribution in [1.82, 2.24) is 15.5 Å². The van der Waals surface area contributed by atoms with Crippen LogP contribution in [-0.4, -0.2) is 23.3 Å². The Morgan fingerprint density at radius 3 is 2.55 bits per heavy atom. The zero-order valence-corrected chi connectivity index (χ0v) is 12.4. The monoisotopic (exact) mass is 273 g/mol. The summed E-state index contributed by atoms with van der Waals surface area (Å²) in [6.07, 6.45) is -0.0300. The van der Waals surface area contributed by atoms with E-state index in [4.69, 9.17) is 4.74 Å². The zero-order chi connectivity index (χ0) is 14.4. The van der Waals surface area contributed by atoms with Gasteiger partial charge in [0.2, 0.25) is 5.88 Å². The van der Waals surface area contributed by atoms with Gasteiger partial charge >= 0.3 is 0 Å². The van der Waals surface area contributed by atoms with Crippen LogP contribution in [0.3, 0.4) is 0 Å². The topological polar surface area (TPSA) is 49.9 Å². The van der Waals surface area contributed by atoms with Gasteiger partial charge in [-0.15, -0.1) is 5.10 Å². The molecule has 1 atom stereocenters. The highest BCUT2D eigenvalue weighted by Crippen LogP contribution is 2.20. The summed E-state index contributed by atoms with van der Waals surface area (Å²) < 4.78 is 6.00. The van der Waals surface area contributed by atoms with Crippen LogP contribution in [0.4, 0.5) is 0 Å². The Kier molecular flexibility index (Phi) is 5.18. The summed E-state index contributed by atoms with van der Waals surface area (Å²) in [5.74, 6) is 1.27. The molecule has 2 aromatic rings. The van der Waals surface area contributed by atoms with Crippen molar-refractivity contribution in [2.75, 3.05) is 13.1 Å². The molecule has 2 rings (SSSR count). The first-order valence-corrected chi connectivity index (χ1v) is 7.09. The minimum absolute atomic E-state index is 0.0300. The summed E-state index contributed by atoms with van der Waals surface area (Å²) in [6, 6.07) is 12.2. The van der Waals surface area contributed by atoms with Crippen LogP contribution in [0.1, 0.15) is 31.2 Å². The molecule has 20 heavy (non-hydrogen) atoms. The Labute approximate surface area is 120 Å². The highest BCUT2D eigenvalue weighted by atomic mass is 16.5. The number of rotatable bonds is 7. The normalized spacial score (nSPS) is 12.6. The third-order valence-corrected chi connectivity index (χ3v) is 3.00. The van der Waals surface area contributed by atoms with Gasteiger partial charge in [-0.25, -0.2) is 0 Å². The van der Waals surface area contributed by atoms with Crippen LogP contribution in [-0.2, 0) is 0 Å². The summed E-state index contributed by atoms with van der Waals surface area (Å²) in [5, 5.41) is 10.5. The van der Waals surface area contributed by atoms with E-state index < -0.39 is 0 Å². The molecule has 0 aliphatic heterocycles. The van der Waals surface area contributed by atoms with Crippen molar-refractivity contribution in [3.8, 4) is 5.88 Å². The number of benzene rings is 1. The van der Waals surface area contributed by atoms with Crippen LogP contribution in [0.25, 0.3) is 0 Å². The molecule has 0 aliphatic carbocycles. The molecule has 1 heterocycles. The first kappa shape index (κ1) is 14.6. The fourth-order valence-corrected chi connectivity index (χ4v) is 2.00. The highest BCUT2D eigenvalue weighted by Gasteiger charge is 2.14. The summed E-state index contributed by atoms with van der Waals surface area (Å²) >= 11 is 0. The van der Waals surface area contributed by atoms with Gasteiger partial charge in [0.15, 0.2) is 0 Å². The number of ether oxygens (including phenoxy) is 1. The predicted octanol–water partition coefficient (Wildman–Crippen LogP) is 3.08. The molecule has 2 N–H and O–H groups in total. The van der Waals surface area contributed by atoms with E-state index in [9.17, 15) is 0 Å². The Morgan fingerprint density at radius 1 is 1.20 bits per heavy atom. The molecule has 1 unspecified atom stereocenters. The lowest BCUT2D eigenvalue weighted by Gasteiger charge is -2.19. The van der Waals surface area contributed by atoms with E-state index >= 15 is 0 Å². The lowest BCUT2D eigenvalue weighted by Crippen LogP contribution is -2.28. The first-order chi connectivity index (χ1) is 9.65. The van der Waals surface area contributed by atoms with E-state index in [0.29, 0.717) is 11.8 Å². The second kappa shape index (κ2) is 7.10. The Balaban J connectivity index is 2.03. The van der Waals surface area contributed by atoms with Gasteiger partial charge in [0, 0.05) is 18.3 Å². The van der Waals surface area contributed by atoms with Gasteiger partial charge in [-0.1, -0.05) is 44.2 Å². The summed E-state index contributed by atoms with van der Waals surface area (Å²) in [4.78, 5) is 0. The van der Waals surface area contributed by atoms with Gasteiger partial charge in [0.1, 0.15) is 6.10 Å². The van der Waals surface area contributed by atoms with Gasteiger partial charge < -0.3 is 10.1 Å². The largest absolute Gasteiger partial charge is 0.467 e. The standard InChI is InChI=1S/C16H23N3O/c1-12(2)10-17-11-15(14-7-5-4-6-8-14)20-16-9-13(3)18-19-16/h4-9,12,15,17H,10-11H2,1-3H3,(H,18,19). The molecule has 0 amide bonds. The number of hydrogen-bond donors (Lipinski definition) is 2. The second-order valence-electron chi connectivity index (χ2n) is 5.46. The van der Waals surface area contributed by atoms with Crippen molar-refractivity contribution in [3.05, 3.63) is 47.7 Å². The number of nitrogens with zero attached hydrogens (tertiary/aromatic N) is 1. The number of hydrogen-bond acceptors (Lipinski definition) is 3. The van der Waals surface area contributed by atoms with Gasteiger partial charge in [-0.3, -0.25) is 5.10 Å². The molecule has 1 aromatic carbocycles. The Bertz CT molecular complexity index is 507. The number of nitrogens with one attached hydrogen (secondary N) is 2. The van der Waals surface area contributed by atoms with Crippen molar-refractivity contribution in [2.24, 2.45) is 5.92 Å². The molecule has 0 radical (unpaired) electrons. The van der Waals surface area contributed by atoms with Gasteiger partial charge in [0.05, 0.1) is 0 Å². The van der Waals surface area contributed by atoms with Crippen LogP contribution in [0, 0.1) is 12.8 Å². The maximum Gasteiger partial charge on any atom is 0.233 e. The van der Waals surface area contributed by atoms with Gasteiger partial charge in [0.25, 0.3) is 0 Å². The summed E-state index contributed by atoms with van der Waals surface area (Å²) in [6.45, 7) is 8.11. The number of aryl methyl sites for hydroxylation is 1. The number of aromatic nitrogens is 2. The Morgan fingerprint density at radius 2 is 1.95 bits per heavy atom. The van der Waals surface area contributed by atoms with Crippen LogP contribution in [0.15, 0.2) is 36.4 Å². The lowest BCUT2D eigenvalue weighted by molar-refractivity contribution is 0.192. The van der Waals surface area contributed by atoms with E-state index in [-0.39, 0.29) is 6.10 Å². The molecule has 1 aromatic heterocycles. The quantitative estimate of drug-likeness (QED) is 0.815. The van der Waals surface area contributed by atoms with Crippen LogP contribution in [0.2, 0.25) is 0 Å². The minimum Gasteiger partial charge on any atom is -0.467 e. The maximum atomic E-state index is 6.00. The van der Waals surface area contributed by atoms with Gasteiger partial charge in [-0.05, 0) is 24.9 Å². The van der Waals surface area contributed by atoms with Crippen molar-refractivity contribution in [1.29, 1.82) is 0 Å². The lowest BCUT2D eigenvalue weighted by atomic mass is 10.1. The van der Waals surface area contributed by atoms with E-state index in [2.05, 4.69) is 41.5 Å². The Hall–Kier alpha value is -1.81. The highest BCUT2D eigenvalue weighted by molar-refractivity contribution is 5.20. The molecule has 0 saturated heterocycles. The molecule has 4 nitrogen and oxygen atoms in total. The number of H-pyrrole nitrogens is 1. The molecular weight excluding hydrogens is 250 g/mol. The number of aromatic amines is 1. The average molecular weight is 273 g/mol.